The number of nitrogens with zero attached hydrogens (tertiary/aromatic N) is 3. The largest absolute Gasteiger partial charge is 0.270 e. The lowest BCUT2D eigenvalue weighted by Crippen LogP contribution is -1.80. The van der Waals surface area contributed by atoms with Gasteiger partial charge in [-0.05, 0) is 6.92 Å². The van der Waals surface area contributed by atoms with Gasteiger partial charge in [0.2, 0.25) is 0 Å². The highest BCUT2D eigenvalue weighted by atomic mass is 15.3. The van der Waals surface area contributed by atoms with Crippen LogP contribution in [0.4, 0.5) is 0 Å². The first-order chi connectivity index (χ1) is 4.38. The van der Waals surface area contributed by atoms with E-state index in [-0.39, 0.29) is 0 Å². The topological polar surface area (TPSA) is 46.0 Å². The molecular formula is C5H6N4. The van der Waals surface area contributed by atoms with Crippen molar-refractivity contribution >= 4 is 5.65 Å². The quantitative estimate of drug-likeness (QED) is 0.548. The molecule has 0 atom stereocenters. The van der Waals surface area contributed by atoms with Gasteiger partial charge >= 0.3 is 0 Å². The summed E-state index contributed by atoms with van der Waals surface area (Å²) in [6.07, 6.45) is 3.47. The highest BCUT2D eigenvalue weighted by molar-refractivity contribution is 5.33. The van der Waals surface area contributed by atoms with E-state index in [1.165, 1.54) is 0 Å². The van der Waals surface area contributed by atoms with E-state index >= 15 is 0 Å². The lowest BCUT2D eigenvalue weighted by atomic mass is 10.7. The molecule has 0 aliphatic rings. The molecule has 2 heterocycles. The van der Waals surface area contributed by atoms with Crippen molar-refractivity contribution in [2.45, 2.75) is 6.92 Å². The van der Waals surface area contributed by atoms with Gasteiger partial charge < -0.3 is 0 Å². The summed E-state index contributed by atoms with van der Waals surface area (Å²) in [7, 11) is 0. The molecule has 0 aliphatic heterocycles. The van der Waals surface area contributed by atoms with Crippen molar-refractivity contribution in [2.24, 2.45) is 0 Å². The van der Waals surface area contributed by atoms with Gasteiger partial charge in [-0.3, -0.25) is 9.50 Å². The molecule has 0 fully saturated rings. The number of H-pyrrole nitrogens is 1. The highest BCUT2D eigenvalue weighted by Gasteiger charge is 1.95. The molecule has 0 saturated heterocycles. The maximum absolute atomic E-state index is 3.95. The molecule has 0 bridgehead atoms. The molecule has 0 amide bonds. The van der Waals surface area contributed by atoms with Crippen LogP contribution in [0.5, 0.6) is 0 Å². The van der Waals surface area contributed by atoms with E-state index in [1.54, 1.807) is 12.5 Å². The molecule has 2 aromatic rings. The van der Waals surface area contributed by atoms with Crippen LogP contribution in [0.1, 0.15) is 5.82 Å². The molecule has 0 radical (unpaired) electrons. The first-order valence-corrected chi connectivity index (χ1v) is 2.71. The third-order valence-corrected chi connectivity index (χ3v) is 1.32. The number of imidazole rings is 1. The van der Waals surface area contributed by atoms with Gasteiger partial charge in [0.25, 0.3) is 0 Å². The Balaban J connectivity index is 2.99. The molecule has 46 valence electrons. The minimum Gasteiger partial charge on any atom is -0.270 e. The monoisotopic (exact) mass is 122 g/mol. The number of fused-ring (bicyclic) bond motifs is 1. The van der Waals surface area contributed by atoms with E-state index in [4.69, 9.17) is 0 Å². The smallest absolute Gasteiger partial charge is 0.152 e. The second kappa shape index (κ2) is 1.34. The Labute approximate surface area is 51.5 Å². The fourth-order valence-corrected chi connectivity index (χ4v) is 0.828. The van der Waals surface area contributed by atoms with Gasteiger partial charge in [-0.1, -0.05) is 0 Å². The molecular weight excluding hydrogens is 116 g/mol. The minimum absolute atomic E-state index is 0.933. The van der Waals surface area contributed by atoms with E-state index < -0.39 is 0 Å². The van der Waals surface area contributed by atoms with Crippen LogP contribution in [0.15, 0.2) is 12.5 Å². The van der Waals surface area contributed by atoms with Crippen LogP contribution in [0.3, 0.4) is 0 Å². The van der Waals surface area contributed by atoms with E-state index in [9.17, 15) is 0 Å². The number of aromatic amines is 1. The fourth-order valence-electron chi connectivity index (χ4n) is 0.828. The molecule has 1 N–H and O–H groups in total. The molecule has 0 unspecified atom stereocenters. The maximum Gasteiger partial charge on any atom is 0.152 e. The van der Waals surface area contributed by atoms with Gasteiger partial charge in [0, 0.05) is 0 Å². The molecule has 0 spiro atoms. The van der Waals surface area contributed by atoms with Gasteiger partial charge in [-0.2, -0.15) is 5.10 Å². The van der Waals surface area contributed by atoms with Crippen LogP contribution >= 0.6 is 0 Å². The summed E-state index contributed by atoms with van der Waals surface area (Å²) < 4.78 is 1.89. The van der Waals surface area contributed by atoms with Gasteiger partial charge in [-0.15, -0.1) is 0 Å². The number of nitrogens with one attached hydrogen (secondary N) is 1. The fraction of sp³-hybridized carbons (Fsp3) is 0.200. The zero-order valence-electron chi connectivity index (χ0n) is 5.00. The molecule has 4 heteroatoms. The molecule has 0 saturated carbocycles. The summed E-state index contributed by atoms with van der Waals surface area (Å²) in [5.74, 6) is 0.933. The van der Waals surface area contributed by atoms with Gasteiger partial charge in [0.15, 0.2) is 5.65 Å². The van der Waals surface area contributed by atoms with Gasteiger partial charge in [-0.25, -0.2) is 4.98 Å². The van der Waals surface area contributed by atoms with Gasteiger partial charge in [0.1, 0.15) is 12.2 Å². The molecule has 4 nitrogen and oxygen atoms in total. The van der Waals surface area contributed by atoms with Crippen LogP contribution in [0.2, 0.25) is 0 Å². The average Bonchev–Trinajstić information content (AvgIpc) is 2.35. The third kappa shape index (κ3) is 0.468. The Morgan fingerprint density at radius 1 is 1.67 bits per heavy atom. The molecule has 0 aromatic carbocycles. The van der Waals surface area contributed by atoms with E-state index in [2.05, 4.69) is 15.2 Å². The Morgan fingerprint density at radius 3 is 3.33 bits per heavy atom. The average molecular weight is 122 g/mol. The normalized spacial score (nSPS) is 10.8. The van der Waals surface area contributed by atoms with Gasteiger partial charge in [0.05, 0.1) is 6.20 Å². The zero-order valence-corrected chi connectivity index (χ0v) is 5.00. The summed E-state index contributed by atoms with van der Waals surface area (Å²) in [5, 5.41) is 6.77. The lowest BCUT2D eigenvalue weighted by molar-refractivity contribution is 0.992. The van der Waals surface area contributed by atoms with Crippen LogP contribution in [-0.2, 0) is 0 Å². The third-order valence-electron chi connectivity index (χ3n) is 1.32. The summed E-state index contributed by atoms with van der Waals surface area (Å²) in [6.45, 7) is 1.92. The van der Waals surface area contributed by atoms with E-state index in [0.717, 1.165) is 11.5 Å². The summed E-state index contributed by atoms with van der Waals surface area (Å²) in [6, 6.07) is 0. The van der Waals surface area contributed by atoms with Crippen LogP contribution in [-0.4, -0.2) is 19.6 Å². The first-order valence-electron chi connectivity index (χ1n) is 2.71. The van der Waals surface area contributed by atoms with Crippen molar-refractivity contribution in [3.05, 3.63) is 18.3 Å². The van der Waals surface area contributed by atoms with Crippen molar-refractivity contribution < 1.29 is 0 Å². The molecule has 2 rings (SSSR count). The van der Waals surface area contributed by atoms with Crippen LogP contribution in [0.25, 0.3) is 5.65 Å². The Bertz CT molecular complexity index is 318. The van der Waals surface area contributed by atoms with E-state index in [1.807, 2.05) is 11.3 Å². The van der Waals surface area contributed by atoms with Crippen LogP contribution < -0.4 is 0 Å². The van der Waals surface area contributed by atoms with E-state index in [0.29, 0.717) is 0 Å². The predicted molar refractivity (Wildman–Crippen MR) is 32.1 cm³/mol. The summed E-state index contributed by atoms with van der Waals surface area (Å²) in [5.41, 5.74) is 0.938. The maximum atomic E-state index is 3.95. The molecule has 2 aromatic heterocycles. The van der Waals surface area contributed by atoms with Crippen molar-refractivity contribution in [2.75, 3.05) is 0 Å². The SMILES string of the molecule is Cc1n[nH]c2cncn12. The first kappa shape index (κ1) is 4.55. The van der Waals surface area contributed by atoms with Crippen molar-refractivity contribution in [1.29, 1.82) is 0 Å². The highest BCUT2D eigenvalue weighted by Crippen LogP contribution is 1.98. The standard InChI is InChI=1S/C5H6N4/c1-4-7-8-5-2-6-3-9(4)5/h2-3,8H,1H3. The van der Waals surface area contributed by atoms with Crippen molar-refractivity contribution in [3.63, 3.8) is 0 Å². The Morgan fingerprint density at radius 2 is 2.56 bits per heavy atom. The zero-order chi connectivity index (χ0) is 6.27. The minimum atomic E-state index is 0.933. The summed E-state index contributed by atoms with van der Waals surface area (Å²) >= 11 is 0. The second-order valence-electron chi connectivity index (χ2n) is 1.92. The summed E-state index contributed by atoms with van der Waals surface area (Å²) in [4.78, 5) is 3.91. The molecule has 0 aliphatic carbocycles. The number of aryl methyl sites for hydroxylation is 1. The number of hydrogen-bond acceptors (Lipinski definition) is 2. The molecule has 9 heavy (non-hydrogen) atoms. The van der Waals surface area contributed by atoms with Crippen molar-refractivity contribution in [3.8, 4) is 0 Å². The predicted octanol–water partition coefficient (Wildman–Crippen LogP) is 0.366. The Hall–Kier alpha value is -1.32. The lowest BCUT2D eigenvalue weighted by Gasteiger charge is -1.79. The van der Waals surface area contributed by atoms with Crippen LogP contribution in [0, 0.1) is 6.92 Å². The second-order valence-corrected chi connectivity index (χ2v) is 1.92. The van der Waals surface area contributed by atoms with Crippen molar-refractivity contribution in [1.82, 2.24) is 19.6 Å². The Kier molecular flexibility index (Phi) is 0.677. The number of aromatic nitrogens is 4. The number of hydrogen-bond donors (Lipinski definition) is 1. The number of rotatable bonds is 0.